The van der Waals surface area contributed by atoms with Gasteiger partial charge in [-0.2, -0.15) is 0 Å². The molecule has 1 rings (SSSR count). The first-order chi connectivity index (χ1) is 9.29. The van der Waals surface area contributed by atoms with E-state index in [9.17, 15) is 10.1 Å². The third-order valence-electron chi connectivity index (χ3n) is 3.56. The van der Waals surface area contributed by atoms with Gasteiger partial charge in [-0.05, 0) is 36.9 Å². The molecule has 0 fully saturated rings. The standard InChI is InChI=1S/C15H24N2O3/c1-15(2,3)14(16-4)9-7-11-6-8-13(20-5)12(10-11)17(18)19/h6,8,10,14,16H,7,9H2,1-5H3. The summed E-state index contributed by atoms with van der Waals surface area (Å²) in [6.07, 6.45) is 1.73. The van der Waals surface area contributed by atoms with Crippen LogP contribution in [0.3, 0.4) is 0 Å². The summed E-state index contributed by atoms with van der Waals surface area (Å²) < 4.78 is 5.01. The molecule has 5 heteroatoms. The van der Waals surface area contributed by atoms with Gasteiger partial charge in [0.1, 0.15) is 0 Å². The lowest BCUT2D eigenvalue weighted by Gasteiger charge is -2.30. The topological polar surface area (TPSA) is 64.4 Å². The molecule has 0 spiro atoms. The Kier molecular flexibility index (Phi) is 5.51. The van der Waals surface area contributed by atoms with Gasteiger partial charge in [0, 0.05) is 12.1 Å². The Bertz CT molecular complexity index is 467. The molecule has 1 aromatic rings. The van der Waals surface area contributed by atoms with Gasteiger partial charge in [-0.3, -0.25) is 10.1 Å². The summed E-state index contributed by atoms with van der Waals surface area (Å²) in [6.45, 7) is 6.56. The number of methoxy groups -OCH3 is 1. The number of benzene rings is 1. The maximum Gasteiger partial charge on any atom is 0.311 e. The zero-order valence-corrected chi connectivity index (χ0v) is 12.9. The van der Waals surface area contributed by atoms with E-state index in [2.05, 4.69) is 26.1 Å². The van der Waals surface area contributed by atoms with Crippen LogP contribution in [-0.4, -0.2) is 25.1 Å². The average molecular weight is 280 g/mol. The third-order valence-corrected chi connectivity index (χ3v) is 3.56. The molecule has 1 unspecified atom stereocenters. The summed E-state index contributed by atoms with van der Waals surface area (Å²) >= 11 is 0. The fraction of sp³-hybridized carbons (Fsp3) is 0.600. The number of hydrogen-bond donors (Lipinski definition) is 1. The van der Waals surface area contributed by atoms with Crippen molar-refractivity contribution in [2.45, 2.75) is 39.7 Å². The van der Waals surface area contributed by atoms with E-state index >= 15 is 0 Å². The highest BCUT2D eigenvalue weighted by atomic mass is 16.6. The molecule has 0 heterocycles. The minimum atomic E-state index is -0.401. The Morgan fingerprint density at radius 3 is 2.50 bits per heavy atom. The van der Waals surface area contributed by atoms with Gasteiger partial charge in [0.05, 0.1) is 12.0 Å². The van der Waals surface area contributed by atoms with Crippen LogP contribution in [0.5, 0.6) is 5.75 Å². The van der Waals surface area contributed by atoms with Gasteiger partial charge >= 0.3 is 5.69 Å². The van der Waals surface area contributed by atoms with E-state index in [0.29, 0.717) is 11.8 Å². The van der Waals surface area contributed by atoms with Gasteiger partial charge in [0.15, 0.2) is 5.75 Å². The Balaban J connectivity index is 2.83. The fourth-order valence-corrected chi connectivity index (χ4v) is 2.36. The zero-order chi connectivity index (χ0) is 15.3. The summed E-state index contributed by atoms with van der Waals surface area (Å²) in [7, 11) is 3.39. The molecule has 0 aliphatic carbocycles. The molecule has 5 nitrogen and oxygen atoms in total. The van der Waals surface area contributed by atoms with Crippen LogP contribution in [0.25, 0.3) is 0 Å². The van der Waals surface area contributed by atoms with E-state index in [1.165, 1.54) is 7.11 Å². The minimum absolute atomic E-state index is 0.0294. The molecule has 0 radical (unpaired) electrons. The van der Waals surface area contributed by atoms with Gasteiger partial charge in [-0.1, -0.05) is 26.8 Å². The molecular formula is C15H24N2O3. The summed E-state index contributed by atoms with van der Waals surface area (Å²) in [5, 5.41) is 14.3. The van der Waals surface area contributed by atoms with Crippen molar-refractivity contribution < 1.29 is 9.66 Å². The SMILES string of the molecule is CNC(CCc1ccc(OC)c([N+](=O)[O-])c1)C(C)(C)C. The Hall–Kier alpha value is -1.62. The van der Waals surface area contributed by atoms with Gasteiger partial charge in [0.2, 0.25) is 0 Å². The Labute approximate surface area is 120 Å². The summed E-state index contributed by atoms with van der Waals surface area (Å²) in [4.78, 5) is 10.6. The van der Waals surface area contributed by atoms with Crippen molar-refractivity contribution in [3.63, 3.8) is 0 Å². The summed E-state index contributed by atoms with van der Waals surface area (Å²) in [6, 6.07) is 5.53. The number of nitro benzene ring substituents is 1. The van der Waals surface area contributed by atoms with Crippen molar-refractivity contribution in [2.24, 2.45) is 5.41 Å². The van der Waals surface area contributed by atoms with Crippen molar-refractivity contribution in [3.05, 3.63) is 33.9 Å². The molecule has 0 saturated heterocycles. The van der Waals surface area contributed by atoms with Crippen LogP contribution in [-0.2, 0) is 6.42 Å². The third kappa shape index (κ3) is 4.20. The van der Waals surface area contributed by atoms with Crippen LogP contribution in [0.1, 0.15) is 32.8 Å². The predicted molar refractivity (Wildman–Crippen MR) is 80.3 cm³/mol. The molecule has 112 valence electrons. The molecule has 0 aliphatic rings. The fourth-order valence-electron chi connectivity index (χ4n) is 2.36. The van der Waals surface area contributed by atoms with Gasteiger partial charge in [-0.25, -0.2) is 0 Å². The van der Waals surface area contributed by atoms with Gasteiger partial charge in [0.25, 0.3) is 0 Å². The highest BCUT2D eigenvalue weighted by Gasteiger charge is 2.23. The number of nitrogens with one attached hydrogen (secondary N) is 1. The molecule has 1 atom stereocenters. The van der Waals surface area contributed by atoms with Crippen LogP contribution >= 0.6 is 0 Å². The minimum Gasteiger partial charge on any atom is -0.490 e. The van der Waals surface area contributed by atoms with Crippen molar-refractivity contribution in [3.8, 4) is 5.75 Å². The second-order valence-electron chi connectivity index (χ2n) is 6.01. The predicted octanol–water partition coefficient (Wildman–Crippen LogP) is 3.17. The summed E-state index contributed by atoms with van der Waals surface area (Å²) in [5.74, 6) is 0.305. The van der Waals surface area contributed by atoms with E-state index in [1.807, 2.05) is 13.1 Å². The molecule has 0 aromatic heterocycles. The van der Waals surface area contributed by atoms with Crippen molar-refractivity contribution >= 4 is 5.69 Å². The van der Waals surface area contributed by atoms with Crippen molar-refractivity contribution in [1.29, 1.82) is 0 Å². The first-order valence-corrected chi connectivity index (χ1v) is 6.78. The van der Waals surface area contributed by atoms with Crippen LogP contribution in [0, 0.1) is 15.5 Å². The Morgan fingerprint density at radius 1 is 1.40 bits per heavy atom. The molecule has 0 amide bonds. The van der Waals surface area contributed by atoms with Crippen LogP contribution in [0.4, 0.5) is 5.69 Å². The highest BCUT2D eigenvalue weighted by Crippen LogP contribution is 2.29. The first kappa shape index (κ1) is 16.4. The quantitative estimate of drug-likeness (QED) is 0.642. The number of nitrogens with zero attached hydrogens (tertiary/aromatic N) is 1. The summed E-state index contributed by atoms with van der Waals surface area (Å²) in [5.41, 5.74) is 1.15. The number of rotatable bonds is 6. The van der Waals surface area contributed by atoms with Gasteiger partial charge < -0.3 is 10.1 Å². The molecule has 1 aromatic carbocycles. The monoisotopic (exact) mass is 280 g/mol. The first-order valence-electron chi connectivity index (χ1n) is 6.78. The molecule has 20 heavy (non-hydrogen) atoms. The normalized spacial score (nSPS) is 13.1. The second-order valence-corrected chi connectivity index (χ2v) is 6.01. The van der Waals surface area contributed by atoms with E-state index < -0.39 is 4.92 Å². The Morgan fingerprint density at radius 2 is 2.05 bits per heavy atom. The van der Waals surface area contributed by atoms with Gasteiger partial charge in [-0.15, -0.1) is 0 Å². The molecular weight excluding hydrogens is 256 g/mol. The number of aryl methyl sites for hydroxylation is 1. The van der Waals surface area contributed by atoms with Crippen LogP contribution < -0.4 is 10.1 Å². The van der Waals surface area contributed by atoms with Crippen molar-refractivity contribution in [1.82, 2.24) is 5.32 Å². The molecule has 0 aliphatic heterocycles. The lowest BCUT2D eigenvalue weighted by Crippen LogP contribution is -2.38. The van der Waals surface area contributed by atoms with Crippen LogP contribution in [0.15, 0.2) is 18.2 Å². The number of nitro groups is 1. The van der Waals surface area contributed by atoms with E-state index in [4.69, 9.17) is 4.74 Å². The highest BCUT2D eigenvalue weighted by molar-refractivity contribution is 5.48. The lowest BCUT2D eigenvalue weighted by atomic mass is 9.83. The molecule has 0 saturated carbocycles. The lowest BCUT2D eigenvalue weighted by molar-refractivity contribution is -0.385. The zero-order valence-electron chi connectivity index (χ0n) is 12.9. The second kappa shape index (κ2) is 6.70. The largest absolute Gasteiger partial charge is 0.490 e. The maximum atomic E-state index is 11.0. The van der Waals surface area contributed by atoms with E-state index in [-0.39, 0.29) is 11.1 Å². The average Bonchev–Trinajstić information content (AvgIpc) is 2.37. The van der Waals surface area contributed by atoms with Crippen molar-refractivity contribution in [2.75, 3.05) is 14.2 Å². The number of hydrogen-bond acceptors (Lipinski definition) is 4. The van der Waals surface area contributed by atoms with E-state index in [0.717, 1.165) is 18.4 Å². The molecule has 0 bridgehead atoms. The van der Waals surface area contributed by atoms with E-state index in [1.54, 1.807) is 12.1 Å². The smallest absolute Gasteiger partial charge is 0.311 e. The maximum absolute atomic E-state index is 11.0. The number of ether oxygens (including phenoxy) is 1. The molecule has 1 N–H and O–H groups in total. The van der Waals surface area contributed by atoms with Crippen LogP contribution in [0.2, 0.25) is 0 Å².